The molecule has 0 radical (unpaired) electrons. The van der Waals surface area contributed by atoms with Gasteiger partial charge in [-0.15, -0.1) is 11.8 Å². The molecule has 174 valence electrons. The van der Waals surface area contributed by atoms with Gasteiger partial charge in [0.1, 0.15) is 0 Å². The minimum absolute atomic E-state index is 0.0488. The molecule has 1 fully saturated rings. The molecule has 6 heteroatoms. The number of rotatable bonds is 8. The van der Waals surface area contributed by atoms with E-state index in [-0.39, 0.29) is 11.8 Å². The molecule has 0 atom stereocenters. The van der Waals surface area contributed by atoms with Crippen molar-refractivity contribution >= 4 is 34.5 Å². The summed E-state index contributed by atoms with van der Waals surface area (Å²) in [7, 11) is 0. The molecule has 2 N–H and O–H groups in total. The monoisotopic (exact) mass is 463 g/mol. The van der Waals surface area contributed by atoms with Gasteiger partial charge in [-0.1, -0.05) is 54.7 Å². The molecule has 0 unspecified atom stereocenters. The largest absolute Gasteiger partial charge is 0.353 e. The van der Waals surface area contributed by atoms with Gasteiger partial charge in [-0.2, -0.15) is 0 Å². The Morgan fingerprint density at radius 2 is 1.76 bits per heavy atom. The minimum Gasteiger partial charge on any atom is -0.353 e. The first-order chi connectivity index (χ1) is 16.0. The Morgan fingerprint density at radius 3 is 2.52 bits per heavy atom. The van der Waals surface area contributed by atoms with Crippen molar-refractivity contribution in [3.8, 4) is 0 Å². The van der Waals surface area contributed by atoms with Gasteiger partial charge in [0, 0.05) is 46.7 Å². The lowest BCUT2D eigenvalue weighted by atomic mass is 9.95. The fraction of sp³-hybridized carbons (Fsp3) is 0.407. The number of carbonyl (C=O) groups excluding carboxylic acids is 2. The summed E-state index contributed by atoms with van der Waals surface area (Å²) in [6.45, 7) is 5.22. The van der Waals surface area contributed by atoms with Crippen LogP contribution in [0, 0.1) is 13.8 Å². The van der Waals surface area contributed by atoms with E-state index in [9.17, 15) is 9.59 Å². The summed E-state index contributed by atoms with van der Waals surface area (Å²) in [6.07, 6.45) is 8.02. The summed E-state index contributed by atoms with van der Waals surface area (Å²) in [5, 5.41) is 7.39. The van der Waals surface area contributed by atoms with Crippen molar-refractivity contribution < 1.29 is 9.59 Å². The molecule has 1 aromatic heterocycles. The zero-order chi connectivity index (χ0) is 23.2. The van der Waals surface area contributed by atoms with E-state index >= 15 is 0 Å². The van der Waals surface area contributed by atoms with Crippen molar-refractivity contribution in [2.24, 2.45) is 0 Å². The van der Waals surface area contributed by atoms with E-state index in [0.29, 0.717) is 30.4 Å². The Hall–Kier alpha value is -2.73. The third kappa shape index (κ3) is 6.20. The quantitative estimate of drug-likeness (QED) is 0.450. The van der Waals surface area contributed by atoms with Crippen molar-refractivity contribution in [2.75, 3.05) is 12.3 Å². The van der Waals surface area contributed by atoms with E-state index < -0.39 is 0 Å². The highest BCUT2D eigenvalue weighted by atomic mass is 32.2. The van der Waals surface area contributed by atoms with Gasteiger partial charge in [-0.05, 0) is 44.9 Å². The molecule has 3 aromatic rings. The minimum atomic E-state index is -0.0488. The lowest BCUT2D eigenvalue weighted by Gasteiger charge is -2.22. The van der Waals surface area contributed by atoms with Gasteiger partial charge in [0.15, 0.2) is 0 Å². The van der Waals surface area contributed by atoms with Crippen LogP contribution in [0.4, 0.5) is 0 Å². The van der Waals surface area contributed by atoms with Crippen molar-refractivity contribution in [2.45, 2.75) is 63.4 Å². The molecule has 1 saturated carbocycles. The summed E-state index contributed by atoms with van der Waals surface area (Å²) in [5.41, 5.74) is 4.00. The molecular weight excluding hydrogens is 430 g/mol. The van der Waals surface area contributed by atoms with Crippen molar-refractivity contribution in [3.05, 3.63) is 65.4 Å². The number of aryl methyl sites for hydroxylation is 2. The lowest BCUT2D eigenvalue weighted by molar-refractivity contribution is -0.119. The SMILES string of the molecule is Cc1cc(C)cc(C(=O)NCCn2cc(SCC(=O)NC3CCCCC3)c3ccccc32)c1. The molecular formula is C27H33N3O2S. The number of thioether (sulfide) groups is 1. The average molecular weight is 464 g/mol. The smallest absolute Gasteiger partial charge is 0.251 e. The number of nitrogens with one attached hydrogen (secondary N) is 2. The van der Waals surface area contributed by atoms with Crippen molar-refractivity contribution in [1.82, 2.24) is 15.2 Å². The molecule has 1 aliphatic rings. The second-order valence-electron chi connectivity index (χ2n) is 9.03. The van der Waals surface area contributed by atoms with Crippen LogP contribution < -0.4 is 10.6 Å². The Morgan fingerprint density at radius 1 is 1.03 bits per heavy atom. The van der Waals surface area contributed by atoms with Gasteiger partial charge in [0.2, 0.25) is 5.91 Å². The summed E-state index contributed by atoms with van der Waals surface area (Å²) in [6, 6.07) is 14.5. The number of nitrogens with zero attached hydrogens (tertiary/aromatic N) is 1. The highest BCUT2D eigenvalue weighted by Crippen LogP contribution is 2.30. The van der Waals surface area contributed by atoms with Crippen LogP contribution >= 0.6 is 11.8 Å². The second kappa shape index (κ2) is 10.9. The van der Waals surface area contributed by atoms with Gasteiger partial charge < -0.3 is 15.2 Å². The number of carbonyl (C=O) groups is 2. The molecule has 0 saturated heterocycles. The number of hydrogen-bond acceptors (Lipinski definition) is 3. The van der Waals surface area contributed by atoms with E-state index in [0.717, 1.165) is 39.8 Å². The summed E-state index contributed by atoms with van der Waals surface area (Å²) in [5.74, 6) is 0.491. The van der Waals surface area contributed by atoms with Gasteiger partial charge in [-0.25, -0.2) is 0 Å². The van der Waals surface area contributed by atoms with E-state index in [1.54, 1.807) is 11.8 Å². The van der Waals surface area contributed by atoms with Crippen LogP contribution in [0.5, 0.6) is 0 Å². The highest BCUT2D eigenvalue weighted by molar-refractivity contribution is 8.00. The molecule has 2 aromatic carbocycles. The first-order valence-corrected chi connectivity index (χ1v) is 12.8. The normalized spacial score (nSPS) is 14.4. The van der Waals surface area contributed by atoms with Crippen LogP contribution in [-0.2, 0) is 11.3 Å². The molecule has 0 bridgehead atoms. The van der Waals surface area contributed by atoms with E-state index in [4.69, 9.17) is 0 Å². The first-order valence-electron chi connectivity index (χ1n) is 11.9. The van der Waals surface area contributed by atoms with Crippen LogP contribution in [0.2, 0.25) is 0 Å². The number of para-hydroxylation sites is 1. The Bertz CT molecular complexity index is 1110. The number of benzene rings is 2. The Kier molecular flexibility index (Phi) is 7.76. The molecule has 1 aliphatic carbocycles. The van der Waals surface area contributed by atoms with Crippen molar-refractivity contribution in [1.29, 1.82) is 0 Å². The standard InChI is InChI=1S/C27H33N3O2S/c1-19-14-20(2)16-21(15-19)27(32)28-12-13-30-17-25(23-10-6-7-11-24(23)30)33-18-26(31)29-22-8-4-3-5-9-22/h6-7,10-11,14-17,22H,3-5,8-9,12-13,18H2,1-2H3,(H,28,32)(H,29,31). The number of fused-ring (bicyclic) bond motifs is 1. The maximum absolute atomic E-state index is 12.6. The fourth-order valence-corrected chi connectivity index (χ4v) is 5.57. The molecule has 4 rings (SSSR count). The van der Waals surface area contributed by atoms with Gasteiger partial charge in [-0.3, -0.25) is 9.59 Å². The Balaban J connectivity index is 1.36. The summed E-state index contributed by atoms with van der Waals surface area (Å²) in [4.78, 5) is 26.2. The van der Waals surface area contributed by atoms with Gasteiger partial charge in [0.25, 0.3) is 5.91 Å². The first kappa shape index (κ1) is 23.4. The summed E-state index contributed by atoms with van der Waals surface area (Å²) >= 11 is 1.59. The maximum Gasteiger partial charge on any atom is 0.251 e. The number of amides is 2. The zero-order valence-corrected chi connectivity index (χ0v) is 20.3. The van der Waals surface area contributed by atoms with E-state index in [2.05, 4.69) is 39.6 Å². The predicted octanol–water partition coefficient (Wildman–Crippen LogP) is 5.23. The maximum atomic E-state index is 12.6. The summed E-state index contributed by atoms with van der Waals surface area (Å²) < 4.78 is 2.17. The van der Waals surface area contributed by atoms with Crippen molar-refractivity contribution in [3.63, 3.8) is 0 Å². The van der Waals surface area contributed by atoms with Gasteiger partial charge in [0.05, 0.1) is 5.75 Å². The molecule has 0 aliphatic heterocycles. The van der Waals surface area contributed by atoms with Crippen LogP contribution in [0.25, 0.3) is 10.9 Å². The molecule has 0 spiro atoms. The number of aromatic nitrogens is 1. The van der Waals surface area contributed by atoms with E-state index in [1.807, 2.05) is 38.1 Å². The predicted molar refractivity (Wildman–Crippen MR) is 136 cm³/mol. The molecule has 5 nitrogen and oxygen atoms in total. The topological polar surface area (TPSA) is 63.1 Å². The fourth-order valence-electron chi connectivity index (χ4n) is 4.67. The second-order valence-corrected chi connectivity index (χ2v) is 10.0. The molecule has 1 heterocycles. The van der Waals surface area contributed by atoms with Crippen LogP contribution in [-0.4, -0.2) is 34.7 Å². The third-order valence-corrected chi connectivity index (χ3v) is 7.25. The molecule has 2 amide bonds. The third-order valence-electron chi connectivity index (χ3n) is 6.20. The van der Waals surface area contributed by atoms with Gasteiger partial charge >= 0.3 is 0 Å². The molecule has 33 heavy (non-hydrogen) atoms. The average Bonchev–Trinajstić information content (AvgIpc) is 3.15. The number of hydrogen-bond donors (Lipinski definition) is 2. The van der Waals surface area contributed by atoms with Crippen LogP contribution in [0.1, 0.15) is 53.6 Å². The van der Waals surface area contributed by atoms with E-state index in [1.165, 1.54) is 19.3 Å². The van der Waals surface area contributed by atoms with Crippen LogP contribution in [0.3, 0.4) is 0 Å². The van der Waals surface area contributed by atoms with Crippen LogP contribution in [0.15, 0.2) is 53.6 Å². The lowest BCUT2D eigenvalue weighted by Crippen LogP contribution is -2.37. The zero-order valence-electron chi connectivity index (χ0n) is 19.5. The Labute approximate surface area is 200 Å². The highest BCUT2D eigenvalue weighted by Gasteiger charge is 2.17.